The van der Waals surface area contributed by atoms with Gasteiger partial charge in [-0.1, -0.05) is 76.1 Å². The number of carboxylic acid groups (broad SMARTS) is 1. The molecule has 0 saturated heterocycles. The van der Waals surface area contributed by atoms with Gasteiger partial charge in [-0.05, 0) is 47.0 Å². The van der Waals surface area contributed by atoms with Gasteiger partial charge in [0.25, 0.3) is 0 Å². The van der Waals surface area contributed by atoms with Gasteiger partial charge in [0.2, 0.25) is 0 Å². The van der Waals surface area contributed by atoms with E-state index in [0.717, 1.165) is 31.8 Å². The van der Waals surface area contributed by atoms with Crippen molar-refractivity contribution in [1.29, 1.82) is 0 Å². The van der Waals surface area contributed by atoms with Crippen LogP contribution in [-0.4, -0.2) is 23.4 Å². The Bertz CT molecular complexity index is 1020. The lowest BCUT2D eigenvalue weighted by Gasteiger charge is -2.10. The SMILES string of the molecule is O=C(O)COc1ccc(SCC=C(c2ccccc2)c2cccc(Br)c2)cc1Cl. The summed E-state index contributed by atoms with van der Waals surface area (Å²) in [7, 11) is 0. The number of hydrogen-bond acceptors (Lipinski definition) is 3. The van der Waals surface area contributed by atoms with E-state index >= 15 is 0 Å². The molecule has 1 N–H and O–H groups in total. The number of carbonyl (C=O) groups is 1. The zero-order valence-electron chi connectivity index (χ0n) is 15.3. The minimum absolute atomic E-state index is 0.369. The Morgan fingerprint density at radius 3 is 2.48 bits per heavy atom. The first-order valence-electron chi connectivity index (χ1n) is 8.81. The molecule has 148 valence electrons. The van der Waals surface area contributed by atoms with Crippen molar-refractivity contribution < 1.29 is 14.6 Å². The predicted octanol–water partition coefficient (Wildman–Crippen LogP) is 6.79. The predicted molar refractivity (Wildman–Crippen MR) is 123 cm³/mol. The zero-order chi connectivity index (χ0) is 20.6. The van der Waals surface area contributed by atoms with Crippen molar-refractivity contribution in [1.82, 2.24) is 0 Å². The van der Waals surface area contributed by atoms with Gasteiger partial charge in [0.1, 0.15) is 5.75 Å². The Hall–Kier alpha value is -2.21. The highest BCUT2D eigenvalue weighted by Gasteiger charge is 2.08. The van der Waals surface area contributed by atoms with Crippen LogP contribution in [0.25, 0.3) is 5.57 Å². The topological polar surface area (TPSA) is 46.5 Å². The molecule has 0 aromatic heterocycles. The van der Waals surface area contributed by atoms with E-state index < -0.39 is 12.6 Å². The van der Waals surface area contributed by atoms with Crippen LogP contribution < -0.4 is 4.74 Å². The highest BCUT2D eigenvalue weighted by Crippen LogP contribution is 2.31. The van der Waals surface area contributed by atoms with E-state index in [1.807, 2.05) is 36.4 Å². The summed E-state index contributed by atoms with van der Waals surface area (Å²) in [5, 5.41) is 9.11. The number of rotatable bonds is 8. The van der Waals surface area contributed by atoms with Gasteiger partial charge in [0.05, 0.1) is 5.02 Å². The van der Waals surface area contributed by atoms with Crippen molar-refractivity contribution in [3.63, 3.8) is 0 Å². The van der Waals surface area contributed by atoms with Gasteiger partial charge in [-0.2, -0.15) is 0 Å². The molecule has 0 spiro atoms. The Morgan fingerprint density at radius 2 is 1.79 bits per heavy atom. The van der Waals surface area contributed by atoms with Crippen LogP contribution in [-0.2, 0) is 4.79 Å². The number of ether oxygens (including phenoxy) is 1. The van der Waals surface area contributed by atoms with E-state index in [2.05, 4.69) is 46.3 Å². The fourth-order valence-corrected chi connectivity index (χ4v) is 4.23. The Balaban J connectivity index is 1.76. The lowest BCUT2D eigenvalue weighted by Crippen LogP contribution is -2.09. The minimum atomic E-state index is -1.04. The van der Waals surface area contributed by atoms with Crippen LogP contribution >= 0.6 is 39.3 Å². The molecule has 0 bridgehead atoms. The van der Waals surface area contributed by atoms with Crippen LogP contribution in [0.5, 0.6) is 5.75 Å². The summed E-state index contributed by atoms with van der Waals surface area (Å²) in [6.07, 6.45) is 2.20. The van der Waals surface area contributed by atoms with Gasteiger partial charge in [0.15, 0.2) is 6.61 Å². The van der Waals surface area contributed by atoms with Gasteiger partial charge in [0, 0.05) is 15.1 Å². The van der Waals surface area contributed by atoms with E-state index in [4.69, 9.17) is 21.4 Å². The number of aliphatic carboxylic acids is 1. The summed E-state index contributed by atoms with van der Waals surface area (Å²) in [6.45, 7) is -0.415. The molecule has 0 unspecified atom stereocenters. The fraction of sp³-hybridized carbons (Fsp3) is 0.0870. The lowest BCUT2D eigenvalue weighted by atomic mass is 9.98. The van der Waals surface area contributed by atoms with E-state index in [1.165, 1.54) is 0 Å². The molecule has 0 heterocycles. The summed E-state index contributed by atoms with van der Waals surface area (Å²) in [5.41, 5.74) is 3.45. The zero-order valence-corrected chi connectivity index (χ0v) is 18.5. The lowest BCUT2D eigenvalue weighted by molar-refractivity contribution is -0.139. The molecule has 3 aromatic rings. The van der Waals surface area contributed by atoms with E-state index in [-0.39, 0.29) is 0 Å². The summed E-state index contributed by atoms with van der Waals surface area (Å²) < 4.78 is 6.20. The number of thioether (sulfide) groups is 1. The van der Waals surface area contributed by atoms with Gasteiger partial charge in [-0.25, -0.2) is 4.79 Å². The average molecular weight is 490 g/mol. The van der Waals surface area contributed by atoms with Gasteiger partial charge in [-0.3, -0.25) is 0 Å². The van der Waals surface area contributed by atoms with Gasteiger partial charge in [-0.15, -0.1) is 11.8 Å². The quantitative estimate of drug-likeness (QED) is 0.354. The Morgan fingerprint density at radius 1 is 1.03 bits per heavy atom. The fourth-order valence-electron chi connectivity index (χ4n) is 2.73. The van der Waals surface area contributed by atoms with Crippen LogP contribution in [0.1, 0.15) is 11.1 Å². The Kier molecular flexibility index (Phi) is 7.81. The third-order valence-corrected chi connectivity index (χ3v) is 5.72. The van der Waals surface area contributed by atoms with Gasteiger partial charge >= 0.3 is 5.97 Å². The third-order valence-electron chi connectivity index (χ3n) is 4.01. The summed E-state index contributed by atoms with van der Waals surface area (Å²) in [4.78, 5) is 11.6. The van der Waals surface area contributed by atoms with Crippen molar-refractivity contribution in [3.8, 4) is 5.75 Å². The first-order chi connectivity index (χ1) is 14.0. The minimum Gasteiger partial charge on any atom is -0.480 e. The molecule has 0 aliphatic heterocycles. The number of halogens is 2. The summed E-state index contributed by atoms with van der Waals surface area (Å²) >= 11 is 11.4. The number of hydrogen-bond donors (Lipinski definition) is 1. The van der Waals surface area contributed by atoms with Crippen LogP contribution in [0, 0.1) is 0 Å². The molecule has 0 amide bonds. The van der Waals surface area contributed by atoms with Crippen molar-refractivity contribution >= 4 is 50.8 Å². The second-order valence-electron chi connectivity index (χ2n) is 6.08. The summed E-state index contributed by atoms with van der Waals surface area (Å²) in [6, 6.07) is 23.9. The first kappa shape index (κ1) is 21.5. The number of benzene rings is 3. The second kappa shape index (κ2) is 10.5. The molecule has 0 aliphatic carbocycles. The third kappa shape index (κ3) is 6.39. The van der Waals surface area contributed by atoms with Crippen LogP contribution in [0.2, 0.25) is 5.02 Å². The summed E-state index contributed by atoms with van der Waals surface area (Å²) in [5.74, 6) is 0.0845. The van der Waals surface area contributed by atoms with Crippen molar-refractivity contribution in [2.24, 2.45) is 0 Å². The highest BCUT2D eigenvalue weighted by atomic mass is 79.9. The molecule has 6 heteroatoms. The molecule has 0 radical (unpaired) electrons. The van der Waals surface area contributed by atoms with Crippen molar-refractivity contribution in [3.05, 3.63) is 99.5 Å². The van der Waals surface area contributed by atoms with Gasteiger partial charge < -0.3 is 9.84 Å². The molecule has 3 rings (SSSR count). The smallest absolute Gasteiger partial charge is 0.341 e. The van der Waals surface area contributed by atoms with E-state index in [9.17, 15) is 4.79 Å². The van der Waals surface area contributed by atoms with Crippen LogP contribution in [0.15, 0.2) is 88.2 Å². The largest absolute Gasteiger partial charge is 0.480 e. The van der Waals surface area contributed by atoms with Crippen LogP contribution in [0.3, 0.4) is 0 Å². The molecule has 3 nitrogen and oxygen atoms in total. The molecule has 0 aliphatic rings. The van der Waals surface area contributed by atoms with Crippen molar-refractivity contribution in [2.75, 3.05) is 12.4 Å². The molecule has 0 fully saturated rings. The maximum Gasteiger partial charge on any atom is 0.341 e. The normalized spacial score (nSPS) is 11.3. The van der Waals surface area contributed by atoms with E-state index in [0.29, 0.717) is 10.8 Å². The van der Waals surface area contributed by atoms with Crippen molar-refractivity contribution in [2.45, 2.75) is 4.90 Å². The average Bonchev–Trinajstić information content (AvgIpc) is 2.71. The second-order valence-corrected chi connectivity index (χ2v) is 8.50. The molecule has 0 saturated carbocycles. The molecule has 29 heavy (non-hydrogen) atoms. The standard InChI is InChI=1S/C23H18BrClO3S/c24-18-8-4-7-17(13-18)20(16-5-2-1-3-6-16)11-12-29-19-9-10-22(21(25)14-19)28-15-23(26)27/h1-11,13-14H,12,15H2,(H,26,27). The number of carboxylic acids is 1. The molecule has 0 atom stereocenters. The van der Waals surface area contributed by atoms with Crippen LogP contribution in [0.4, 0.5) is 0 Å². The Labute approximate surface area is 187 Å². The molecular formula is C23H18BrClO3S. The van der Waals surface area contributed by atoms with E-state index in [1.54, 1.807) is 23.9 Å². The molecule has 3 aromatic carbocycles. The maximum absolute atomic E-state index is 10.6. The monoisotopic (exact) mass is 488 g/mol. The first-order valence-corrected chi connectivity index (χ1v) is 11.0. The highest BCUT2D eigenvalue weighted by molar-refractivity contribution is 9.10. The maximum atomic E-state index is 10.6. The molecular weight excluding hydrogens is 472 g/mol.